The molecule has 1 saturated heterocycles. The van der Waals surface area contributed by atoms with Crippen LogP contribution >= 0.6 is 0 Å². The summed E-state index contributed by atoms with van der Waals surface area (Å²) in [6, 6.07) is 5.74. The van der Waals surface area contributed by atoms with Crippen LogP contribution in [0.1, 0.15) is 49.4 Å². The summed E-state index contributed by atoms with van der Waals surface area (Å²) in [4.78, 5) is 14.1. The molecule has 8 heteroatoms. The average molecular weight is 401 g/mol. The van der Waals surface area contributed by atoms with E-state index in [0.717, 1.165) is 42.9 Å². The van der Waals surface area contributed by atoms with Gasteiger partial charge in [0.2, 0.25) is 24.5 Å². The average Bonchev–Trinajstić information content (AvgIpc) is 3.40. The molecular formula is C21H27N3O5. The largest absolute Gasteiger partial charge is 0.454 e. The molecule has 0 radical (unpaired) electrons. The van der Waals surface area contributed by atoms with Crippen molar-refractivity contribution in [3.05, 3.63) is 35.5 Å². The summed E-state index contributed by atoms with van der Waals surface area (Å²) in [6.45, 7) is 1.80. The Morgan fingerprint density at radius 1 is 1.17 bits per heavy atom. The topological polar surface area (TPSA) is 86.9 Å². The fourth-order valence-corrected chi connectivity index (χ4v) is 3.59. The molecule has 0 unspecified atom stereocenters. The summed E-state index contributed by atoms with van der Waals surface area (Å²) in [5.74, 6) is 2.57. The third-order valence-corrected chi connectivity index (χ3v) is 5.34. The summed E-state index contributed by atoms with van der Waals surface area (Å²) in [5.41, 5.74) is 1.00. The van der Waals surface area contributed by atoms with Gasteiger partial charge in [0.1, 0.15) is 0 Å². The molecule has 1 fully saturated rings. The van der Waals surface area contributed by atoms with Crippen LogP contribution in [0.4, 0.5) is 0 Å². The quantitative estimate of drug-likeness (QED) is 0.672. The van der Waals surface area contributed by atoms with Crippen molar-refractivity contribution < 1.29 is 23.4 Å². The molecule has 1 atom stereocenters. The van der Waals surface area contributed by atoms with E-state index in [1.807, 2.05) is 25.2 Å². The van der Waals surface area contributed by atoms with Gasteiger partial charge in [-0.15, -0.1) is 10.2 Å². The van der Waals surface area contributed by atoms with Crippen molar-refractivity contribution in [2.75, 3.05) is 27.0 Å². The van der Waals surface area contributed by atoms with E-state index >= 15 is 0 Å². The molecule has 0 saturated carbocycles. The number of nitrogens with zero attached hydrogens (tertiary/aromatic N) is 3. The summed E-state index contributed by atoms with van der Waals surface area (Å²) >= 11 is 0. The second-order valence-electron chi connectivity index (χ2n) is 7.55. The molecule has 156 valence electrons. The molecule has 1 aromatic heterocycles. The van der Waals surface area contributed by atoms with Gasteiger partial charge < -0.3 is 23.5 Å². The van der Waals surface area contributed by atoms with Crippen molar-refractivity contribution >= 4 is 5.91 Å². The van der Waals surface area contributed by atoms with Gasteiger partial charge in [0.15, 0.2) is 11.5 Å². The van der Waals surface area contributed by atoms with Crippen LogP contribution in [0.25, 0.3) is 0 Å². The van der Waals surface area contributed by atoms with Crippen molar-refractivity contribution in [1.29, 1.82) is 0 Å². The maximum atomic E-state index is 12.4. The number of carbonyl (C=O) groups is 1. The molecule has 29 heavy (non-hydrogen) atoms. The lowest BCUT2D eigenvalue weighted by atomic mass is 10.1. The first-order chi connectivity index (χ1) is 14.2. The lowest BCUT2D eigenvalue weighted by Crippen LogP contribution is -2.31. The molecule has 1 aromatic carbocycles. The maximum absolute atomic E-state index is 12.4. The van der Waals surface area contributed by atoms with Gasteiger partial charge in [-0.25, -0.2) is 0 Å². The first-order valence-corrected chi connectivity index (χ1v) is 10.2. The molecule has 0 aliphatic carbocycles. The van der Waals surface area contributed by atoms with Crippen molar-refractivity contribution in [3.63, 3.8) is 0 Å². The highest BCUT2D eigenvalue weighted by atomic mass is 16.7. The monoisotopic (exact) mass is 401 g/mol. The lowest BCUT2D eigenvalue weighted by Gasteiger charge is -2.25. The van der Waals surface area contributed by atoms with E-state index in [2.05, 4.69) is 10.2 Å². The Morgan fingerprint density at radius 3 is 2.90 bits per heavy atom. The maximum Gasteiger partial charge on any atom is 0.231 e. The van der Waals surface area contributed by atoms with Crippen LogP contribution in [0.15, 0.2) is 22.6 Å². The van der Waals surface area contributed by atoms with Crippen LogP contribution in [0, 0.1) is 0 Å². The number of aryl methyl sites for hydroxylation is 1. The van der Waals surface area contributed by atoms with Gasteiger partial charge in [0.05, 0.1) is 12.5 Å². The Morgan fingerprint density at radius 2 is 2.03 bits per heavy atom. The van der Waals surface area contributed by atoms with E-state index < -0.39 is 0 Å². The van der Waals surface area contributed by atoms with E-state index in [-0.39, 0.29) is 18.8 Å². The Hall–Kier alpha value is -2.61. The number of ether oxygens (including phenoxy) is 3. The molecule has 8 nitrogen and oxygen atoms in total. The molecule has 2 aliphatic rings. The second-order valence-corrected chi connectivity index (χ2v) is 7.55. The minimum Gasteiger partial charge on any atom is -0.454 e. The zero-order valence-corrected chi connectivity index (χ0v) is 16.8. The Balaban J connectivity index is 1.22. The number of amides is 1. The van der Waals surface area contributed by atoms with Gasteiger partial charge in [0, 0.05) is 33.0 Å². The van der Waals surface area contributed by atoms with Gasteiger partial charge in [-0.2, -0.15) is 0 Å². The van der Waals surface area contributed by atoms with E-state index in [4.69, 9.17) is 18.6 Å². The molecular weight excluding hydrogens is 374 g/mol. The molecule has 1 amide bonds. The minimum absolute atomic E-state index is 0.0799. The first-order valence-electron chi connectivity index (χ1n) is 10.2. The number of rotatable bonds is 8. The van der Waals surface area contributed by atoms with Gasteiger partial charge in [-0.3, -0.25) is 4.79 Å². The van der Waals surface area contributed by atoms with Gasteiger partial charge >= 0.3 is 0 Å². The highest BCUT2D eigenvalue weighted by Gasteiger charge is 2.18. The smallest absolute Gasteiger partial charge is 0.231 e. The van der Waals surface area contributed by atoms with Gasteiger partial charge in [0.25, 0.3) is 0 Å². The number of hydrogen-bond donors (Lipinski definition) is 0. The van der Waals surface area contributed by atoms with Crippen molar-refractivity contribution in [3.8, 4) is 11.5 Å². The third kappa shape index (κ3) is 5.26. The molecule has 4 rings (SSSR count). The predicted octanol–water partition coefficient (Wildman–Crippen LogP) is 2.74. The molecule has 0 bridgehead atoms. The lowest BCUT2D eigenvalue weighted by molar-refractivity contribution is -0.130. The number of aromatic nitrogens is 2. The molecule has 0 N–H and O–H groups in total. The summed E-state index contributed by atoms with van der Waals surface area (Å²) in [5, 5.41) is 8.17. The van der Waals surface area contributed by atoms with E-state index in [1.165, 1.54) is 6.42 Å². The minimum atomic E-state index is 0.0799. The van der Waals surface area contributed by atoms with E-state index in [1.54, 1.807) is 4.90 Å². The Labute approximate surface area is 170 Å². The fourth-order valence-electron chi connectivity index (χ4n) is 3.59. The highest BCUT2D eigenvalue weighted by Crippen LogP contribution is 2.33. The van der Waals surface area contributed by atoms with Gasteiger partial charge in [-0.1, -0.05) is 6.07 Å². The standard InChI is InChI=1S/C21H27N3O5/c1-24(10-9-16-4-2-3-11-26-16)21(25)8-7-19-22-23-20(29-19)13-15-5-6-17-18(12-15)28-14-27-17/h5-6,12,16H,2-4,7-11,13-14H2,1H3/t16-/m1/s1. The highest BCUT2D eigenvalue weighted by molar-refractivity contribution is 5.75. The van der Waals surface area contributed by atoms with Crippen molar-refractivity contribution in [2.45, 2.75) is 51.0 Å². The molecule has 0 spiro atoms. The number of carbonyl (C=O) groups excluding carboxylic acids is 1. The number of fused-ring (bicyclic) bond motifs is 1. The van der Waals surface area contributed by atoms with Crippen LogP contribution in [0.5, 0.6) is 11.5 Å². The summed E-state index contributed by atoms with van der Waals surface area (Å²) < 4.78 is 22.1. The second kappa shape index (κ2) is 9.26. The molecule has 2 aromatic rings. The fraction of sp³-hybridized carbons (Fsp3) is 0.571. The van der Waals surface area contributed by atoms with Gasteiger partial charge in [-0.05, 0) is 43.4 Å². The van der Waals surface area contributed by atoms with Crippen molar-refractivity contribution in [1.82, 2.24) is 15.1 Å². The SMILES string of the molecule is CN(CC[C@H]1CCCCO1)C(=O)CCc1nnc(Cc2ccc3c(c2)OCO3)o1. The number of hydrogen-bond acceptors (Lipinski definition) is 7. The predicted molar refractivity (Wildman–Crippen MR) is 104 cm³/mol. The molecule has 3 heterocycles. The third-order valence-electron chi connectivity index (χ3n) is 5.34. The van der Waals surface area contributed by atoms with E-state index in [0.29, 0.717) is 37.6 Å². The Bertz CT molecular complexity index is 831. The van der Waals surface area contributed by atoms with Crippen LogP contribution in [0.2, 0.25) is 0 Å². The first kappa shape index (κ1) is 19.7. The number of benzene rings is 1. The summed E-state index contributed by atoms with van der Waals surface area (Å²) in [7, 11) is 1.84. The zero-order valence-electron chi connectivity index (χ0n) is 16.8. The van der Waals surface area contributed by atoms with Crippen LogP contribution in [0.3, 0.4) is 0 Å². The normalized spacial score (nSPS) is 18.0. The van der Waals surface area contributed by atoms with Crippen LogP contribution < -0.4 is 9.47 Å². The van der Waals surface area contributed by atoms with Crippen molar-refractivity contribution in [2.24, 2.45) is 0 Å². The zero-order chi connectivity index (χ0) is 20.1. The van der Waals surface area contributed by atoms with Crippen LogP contribution in [-0.4, -0.2) is 54.1 Å². The summed E-state index contributed by atoms with van der Waals surface area (Å²) in [6.07, 6.45) is 5.94. The molecule has 2 aliphatic heterocycles. The Kier molecular flexibility index (Phi) is 6.29. The van der Waals surface area contributed by atoms with Crippen LogP contribution in [-0.2, 0) is 22.4 Å². The van der Waals surface area contributed by atoms with E-state index in [9.17, 15) is 4.79 Å².